The molecule has 106 valence electrons. The molecular formula is C18H16FNO. The van der Waals surface area contributed by atoms with E-state index in [0.29, 0.717) is 12.0 Å². The van der Waals surface area contributed by atoms with Gasteiger partial charge in [0.05, 0.1) is 11.6 Å². The summed E-state index contributed by atoms with van der Waals surface area (Å²) < 4.78 is 13.9. The number of benzene rings is 2. The number of hydrogen-bond acceptors (Lipinski definition) is 2. The predicted octanol–water partition coefficient (Wildman–Crippen LogP) is 3.96. The first-order valence-corrected chi connectivity index (χ1v) is 6.92. The van der Waals surface area contributed by atoms with Crippen LogP contribution < -0.4 is 0 Å². The van der Waals surface area contributed by atoms with Crippen molar-refractivity contribution in [2.75, 3.05) is 0 Å². The zero-order chi connectivity index (χ0) is 14.8. The van der Waals surface area contributed by atoms with Gasteiger partial charge in [-0.3, -0.25) is 4.98 Å². The lowest BCUT2D eigenvalue weighted by Gasteiger charge is -2.14. The van der Waals surface area contributed by atoms with Gasteiger partial charge in [-0.15, -0.1) is 0 Å². The fourth-order valence-corrected chi connectivity index (χ4v) is 2.57. The normalized spacial score (nSPS) is 12.5. The highest BCUT2D eigenvalue weighted by Gasteiger charge is 2.15. The van der Waals surface area contributed by atoms with Gasteiger partial charge in [0.15, 0.2) is 0 Å². The van der Waals surface area contributed by atoms with Crippen molar-refractivity contribution in [3.05, 3.63) is 77.2 Å². The third-order valence-corrected chi connectivity index (χ3v) is 3.66. The Hall–Kier alpha value is -2.26. The van der Waals surface area contributed by atoms with Crippen molar-refractivity contribution in [2.45, 2.75) is 19.4 Å². The smallest absolute Gasteiger partial charge is 0.129 e. The molecule has 21 heavy (non-hydrogen) atoms. The maximum atomic E-state index is 13.9. The van der Waals surface area contributed by atoms with Crippen molar-refractivity contribution in [3.8, 4) is 0 Å². The van der Waals surface area contributed by atoms with Crippen LogP contribution in [-0.2, 0) is 6.42 Å². The quantitative estimate of drug-likeness (QED) is 0.788. The van der Waals surface area contributed by atoms with Gasteiger partial charge in [0.25, 0.3) is 0 Å². The third kappa shape index (κ3) is 2.78. The second-order valence-electron chi connectivity index (χ2n) is 5.23. The largest absolute Gasteiger partial charge is 0.388 e. The Labute approximate surface area is 122 Å². The molecule has 0 spiro atoms. The number of rotatable bonds is 3. The molecule has 0 saturated carbocycles. The highest BCUT2D eigenvalue weighted by Crippen LogP contribution is 2.25. The zero-order valence-corrected chi connectivity index (χ0v) is 11.8. The molecule has 0 amide bonds. The highest BCUT2D eigenvalue weighted by molar-refractivity contribution is 5.81. The number of aliphatic hydroxyl groups excluding tert-OH is 1. The SMILES string of the molecule is Cc1ccc(F)c(C(O)Cc2ccnc3ccccc23)c1. The second-order valence-corrected chi connectivity index (χ2v) is 5.23. The lowest BCUT2D eigenvalue weighted by molar-refractivity contribution is 0.174. The zero-order valence-electron chi connectivity index (χ0n) is 11.8. The van der Waals surface area contributed by atoms with Gasteiger partial charge in [0, 0.05) is 23.6 Å². The van der Waals surface area contributed by atoms with E-state index in [0.717, 1.165) is 22.0 Å². The van der Waals surface area contributed by atoms with Gasteiger partial charge >= 0.3 is 0 Å². The summed E-state index contributed by atoms with van der Waals surface area (Å²) in [7, 11) is 0. The van der Waals surface area contributed by atoms with Gasteiger partial charge in [-0.05, 0) is 30.7 Å². The van der Waals surface area contributed by atoms with E-state index in [1.165, 1.54) is 6.07 Å². The number of aryl methyl sites for hydroxylation is 1. The van der Waals surface area contributed by atoms with E-state index >= 15 is 0 Å². The van der Waals surface area contributed by atoms with E-state index in [1.54, 1.807) is 18.3 Å². The lowest BCUT2D eigenvalue weighted by atomic mass is 9.97. The second kappa shape index (κ2) is 5.62. The van der Waals surface area contributed by atoms with Crippen LogP contribution in [0.1, 0.15) is 22.8 Å². The van der Waals surface area contributed by atoms with E-state index in [4.69, 9.17) is 0 Å². The molecule has 0 aliphatic rings. The van der Waals surface area contributed by atoms with Crippen molar-refractivity contribution in [2.24, 2.45) is 0 Å². The molecule has 3 aromatic rings. The average Bonchev–Trinajstić information content (AvgIpc) is 2.50. The molecule has 1 aromatic heterocycles. The molecule has 2 aromatic carbocycles. The van der Waals surface area contributed by atoms with E-state index in [1.807, 2.05) is 37.3 Å². The number of pyridine rings is 1. The molecule has 1 heterocycles. The van der Waals surface area contributed by atoms with E-state index in [2.05, 4.69) is 4.98 Å². The lowest BCUT2D eigenvalue weighted by Crippen LogP contribution is -2.05. The topological polar surface area (TPSA) is 33.1 Å². The summed E-state index contributed by atoms with van der Waals surface area (Å²) in [5.74, 6) is -0.369. The summed E-state index contributed by atoms with van der Waals surface area (Å²) in [5.41, 5.74) is 3.13. The monoisotopic (exact) mass is 281 g/mol. The van der Waals surface area contributed by atoms with Crippen LogP contribution in [0, 0.1) is 12.7 Å². The molecule has 0 fully saturated rings. The van der Waals surface area contributed by atoms with Gasteiger partial charge < -0.3 is 5.11 Å². The molecule has 0 aliphatic heterocycles. The van der Waals surface area contributed by atoms with Crippen LogP contribution in [-0.4, -0.2) is 10.1 Å². The summed E-state index contributed by atoms with van der Waals surface area (Å²) in [6.07, 6.45) is 1.22. The molecule has 3 heteroatoms. The van der Waals surface area contributed by atoms with Crippen LogP contribution in [0.2, 0.25) is 0 Å². The Bertz CT molecular complexity index is 780. The van der Waals surface area contributed by atoms with Crippen molar-refractivity contribution < 1.29 is 9.50 Å². The van der Waals surface area contributed by atoms with Gasteiger partial charge in [0.2, 0.25) is 0 Å². The molecule has 0 bridgehead atoms. The van der Waals surface area contributed by atoms with Crippen molar-refractivity contribution in [1.82, 2.24) is 4.98 Å². The highest BCUT2D eigenvalue weighted by atomic mass is 19.1. The number of halogens is 1. The Morgan fingerprint density at radius 2 is 1.95 bits per heavy atom. The Kier molecular flexibility index (Phi) is 3.67. The van der Waals surface area contributed by atoms with Gasteiger partial charge in [-0.25, -0.2) is 4.39 Å². The third-order valence-electron chi connectivity index (χ3n) is 3.66. The minimum atomic E-state index is -0.865. The summed E-state index contributed by atoms with van der Waals surface area (Å²) in [6.45, 7) is 1.89. The van der Waals surface area contributed by atoms with Gasteiger partial charge in [-0.2, -0.15) is 0 Å². The Morgan fingerprint density at radius 1 is 1.14 bits per heavy atom. The Balaban J connectivity index is 1.96. The maximum Gasteiger partial charge on any atom is 0.129 e. The number of para-hydroxylation sites is 1. The average molecular weight is 281 g/mol. The minimum absolute atomic E-state index is 0.343. The van der Waals surface area contributed by atoms with Gasteiger partial charge in [0.1, 0.15) is 5.82 Å². The molecular weight excluding hydrogens is 265 g/mol. The van der Waals surface area contributed by atoms with Crippen molar-refractivity contribution in [3.63, 3.8) is 0 Å². The molecule has 0 aliphatic carbocycles. The van der Waals surface area contributed by atoms with E-state index < -0.39 is 6.10 Å². The first-order valence-electron chi connectivity index (χ1n) is 6.92. The van der Waals surface area contributed by atoms with Crippen LogP contribution in [0.5, 0.6) is 0 Å². The molecule has 1 atom stereocenters. The molecule has 1 N–H and O–H groups in total. The molecule has 2 nitrogen and oxygen atoms in total. The molecule has 0 saturated heterocycles. The molecule has 3 rings (SSSR count). The van der Waals surface area contributed by atoms with Crippen LogP contribution >= 0.6 is 0 Å². The minimum Gasteiger partial charge on any atom is -0.388 e. The van der Waals surface area contributed by atoms with Crippen LogP contribution in [0.3, 0.4) is 0 Å². The van der Waals surface area contributed by atoms with E-state index in [9.17, 15) is 9.50 Å². The van der Waals surface area contributed by atoms with Crippen LogP contribution in [0.15, 0.2) is 54.7 Å². The first-order chi connectivity index (χ1) is 10.1. The Morgan fingerprint density at radius 3 is 2.81 bits per heavy atom. The van der Waals surface area contributed by atoms with Crippen molar-refractivity contribution >= 4 is 10.9 Å². The maximum absolute atomic E-state index is 13.9. The first kappa shape index (κ1) is 13.7. The number of hydrogen-bond donors (Lipinski definition) is 1. The van der Waals surface area contributed by atoms with E-state index in [-0.39, 0.29) is 5.82 Å². The summed E-state index contributed by atoms with van der Waals surface area (Å²) in [4.78, 5) is 4.30. The fraction of sp³-hybridized carbons (Fsp3) is 0.167. The number of nitrogens with zero attached hydrogens (tertiary/aromatic N) is 1. The number of aliphatic hydroxyl groups is 1. The van der Waals surface area contributed by atoms with Crippen LogP contribution in [0.25, 0.3) is 10.9 Å². The van der Waals surface area contributed by atoms with Gasteiger partial charge in [-0.1, -0.05) is 35.9 Å². The predicted molar refractivity (Wildman–Crippen MR) is 81.5 cm³/mol. The van der Waals surface area contributed by atoms with Crippen LogP contribution in [0.4, 0.5) is 4.39 Å². The summed E-state index contributed by atoms with van der Waals surface area (Å²) in [5, 5.41) is 11.4. The molecule has 1 unspecified atom stereocenters. The summed E-state index contributed by atoms with van der Waals surface area (Å²) >= 11 is 0. The fourth-order valence-electron chi connectivity index (χ4n) is 2.57. The van der Waals surface area contributed by atoms with Crippen molar-refractivity contribution in [1.29, 1.82) is 0 Å². The molecule has 0 radical (unpaired) electrons. The standard InChI is InChI=1S/C18H16FNO/c1-12-6-7-16(19)15(10-12)18(21)11-13-8-9-20-17-5-3-2-4-14(13)17/h2-10,18,21H,11H2,1H3. The summed E-state index contributed by atoms with van der Waals surface area (Å²) in [6, 6.07) is 14.4. The number of aromatic nitrogens is 1. The number of fused-ring (bicyclic) bond motifs is 1.